The number of piperidine rings is 1. The van der Waals surface area contributed by atoms with Crippen LogP contribution in [0.5, 0.6) is 5.75 Å². The summed E-state index contributed by atoms with van der Waals surface area (Å²) >= 11 is 0. The molecule has 1 heterocycles. The van der Waals surface area contributed by atoms with E-state index in [9.17, 15) is 4.79 Å². The van der Waals surface area contributed by atoms with Crippen molar-refractivity contribution in [3.8, 4) is 5.75 Å². The zero-order valence-electron chi connectivity index (χ0n) is 11.7. The van der Waals surface area contributed by atoms with Crippen molar-refractivity contribution in [1.29, 1.82) is 0 Å². The van der Waals surface area contributed by atoms with Crippen molar-refractivity contribution in [1.82, 2.24) is 4.90 Å². The van der Waals surface area contributed by atoms with Gasteiger partial charge >= 0.3 is 0 Å². The Hall–Kier alpha value is -1.35. The first-order chi connectivity index (χ1) is 9.28. The largest absolute Gasteiger partial charge is 0.494 e. The molecular weight excluding hydrogens is 238 g/mol. The predicted octanol–water partition coefficient (Wildman–Crippen LogP) is 2.68. The lowest BCUT2D eigenvalue weighted by atomic mass is 10.1. The average molecular weight is 261 g/mol. The van der Waals surface area contributed by atoms with Crippen molar-refractivity contribution in [3.63, 3.8) is 0 Å². The Kier molecular flexibility index (Phi) is 5.40. The van der Waals surface area contributed by atoms with Crippen LogP contribution < -0.4 is 4.74 Å². The number of hydrogen-bond acceptors (Lipinski definition) is 3. The van der Waals surface area contributed by atoms with E-state index in [0.717, 1.165) is 57.7 Å². The molecule has 104 valence electrons. The van der Waals surface area contributed by atoms with Crippen molar-refractivity contribution >= 4 is 5.78 Å². The quantitative estimate of drug-likeness (QED) is 0.737. The molecule has 0 N–H and O–H groups in total. The van der Waals surface area contributed by atoms with Gasteiger partial charge in [-0.25, -0.2) is 0 Å². The van der Waals surface area contributed by atoms with Gasteiger partial charge in [0.15, 0.2) is 0 Å². The first-order valence-corrected chi connectivity index (χ1v) is 7.23. The molecular formula is C16H23NO2. The van der Waals surface area contributed by atoms with Crippen molar-refractivity contribution in [2.75, 3.05) is 26.2 Å². The summed E-state index contributed by atoms with van der Waals surface area (Å²) in [6.45, 7) is 5.77. The van der Waals surface area contributed by atoms with Gasteiger partial charge in [-0.15, -0.1) is 0 Å². The minimum atomic E-state index is 0.406. The van der Waals surface area contributed by atoms with E-state index in [2.05, 4.69) is 24.0 Å². The van der Waals surface area contributed by atoms with Gasteiger partial charge in [-0.05, 0) is 30.5 Å². The topological polar surface area (TPSA) is 29.5 Å². The molecule has 0 atom stereocenters. The maximum Gasteiger partial charge on any atom is 0.135 e. The highest BCUT2D eigenvalue weighted by Gasteiger charge is 2.15. The number of ketones is 1. The normalized spacial score (nSPS) is 16.6. The lowest BCUT2D eigenvalue weighted by Crippen LogP contribution is -2.34. The molecule has 2 rings (SSSR count). The summed E-state index contributed by atoms with van der Waals surface area (Å²) in [5.74, 6) is 1.36. The van der Waals surface area contributed by atoms with E-state index in [0.29, 0.717) is 5.78 Å². The van der Waals surface area contributed by atoms with E-state index in [-0.39, 0.29) is 0 Å². The van der Waals surface area contributed by atoms with Gasteiger partial charge in [-0.3, -0.25) is 4.79 Å². The van der Waals surface area contributed by atoms with E-state index in [1.165, 1.54) is 5.56 Å². The van der Waals surface area contributed by atoms with Gasteiger partial charge in [0.1, 0.15) is 11.5 Å². The number of carbonyl (C=O) groups excluding carboxylic acids is 1. The first-order valence-electron chi connectivity index (χ1n) is 7.23. The van der Waals surface area contributed by atoms with E-state index >= 15 is 0 Å². The van der Waals surface area contributed by atoms with Gasteiger partial charge in [0.2, 0.25) is 0 Å². The van der Waals surface area contributed by atoms with Crippen LogP contribution in [-0.2, 0) is 11.2 Å². The van der Waals surface area contributed by atoms with Crippen molar-refractivity contribution in [2.45, 2.75) is 32.6 Å². The summed E-state index contributed by atoms with van der Waals surface area (Å²) in [5, 5.41) is 0. The van der Waals surface area contributed by atoms with Crippen LogP contribution in [0, 0.1) is 0 Å². The number of likely N-dealkylation sites (tertiary alicyclic amines) is 1. The summed E-state index contributed by atoms with van der Waals surface area (Å²) in [4.78, 5) is 13.5. The molecule has 0 bridgehead atoms. The summed E-state index contributed by atoms with van der Waals surface area (Å²) < 4.78 is 5.72. The molecule has 1 fully saturated rings. The van der Waals surface area contributed by atoms with Gasteiger partial charge in [-0.1, -0.05) is 19.1 Å². The van der Waals surface area contributed by atoms with Crippen molar-refractivity contribution in [2.24, 2.45) is 0 Å². The summed E-state index contributed by atoms with van der Waals surface area (Å²) in [6, 6.07) is 8.31. The molecule has 0 spiro atoms. The molecule has 1 aromatic rings. The number of hydrogen-bond donors (Lipinski definition) is 0. The summed E-state index contributed by atoms with van der Waals surface area (Å²) in [7, 11) is 0. The Labute approximate surface area is 115 Å². The van der Waals surface area contributed by atoms with Crippen molar-refractivity contribution < 1.29 is 9.53 Å². The molecule has 1 aliphatic rings. The average Bonchev–Trinajstić information content (AvgIpc) is 2.46. The molecule has 1 aromatic carbocycles. The van der Waals surface area contributed by atoms with Crippen LogP contribution in [0.25, 0.3) is 0 Å². The molecule has 0 amide bonds. The van der Waals surface area contributed by atoms with Gasteiger partial charge in [0, 0.05) is 32.5 Å². The molecule has 3 heteroatoms. The fourth-order valence-electron chi connectivity index (χ4n) is 2.33. The Morgan fingerprint density at radius 1 is 1.16 bits per heavy atom. The molecule has 0 aromatic heterocycles. The molecule has 0 unspecified atom stereocenters. The van der Waals surface area contributed by atoms with E-state index in [4.69, 9.17) is 4.74 Å². The smallest absolute Gasteiger partial charge is 0.135 e. The minimum Gasteiger partial charge on any atom is -0.494 e. The van der Waals surface area contributed by atoms with Crippen LogP contribution in [0.2, 0.25) is 0 Å². The number of benzene rings is 1. The lowest BCUT2D eigenvalue weighted by molar-refractivity contribution is -0.121. The monoisotopic (exact) mass is 261 g/mol. The second kappa shape index (κ2) is 7.29. The molecule has 1 aliphatic heterocycles. The third-order valence-electron chi connectivity index (χ3n) is 3.63. The zero-order valence-corrected chi connectivity index (χ0v) is 11.7. The van der Waals surface area contributed by atoms with Crippen LogP contribution in [0.15, 0.2) is 24.3 Å². The molecule has 19 heavy (non-hydrogen) atoms. The Bertz CT molecular complexity index is 390. The molecule has 0 aliphatic carbocycles. The highest BCUT2D eigenvalue weighted by atomic mass is 16.5. The Morgan fingerprint density at radius 2 is 1.84 bits per heavy atom. The van der Waals surface area contributed by atoms with Gasteiger partial charge in [-0.2, -0.15) is 0 Å². The molecule has 3 nitrogen and oxygen atoms in total. The Morgan fingerprint density at radius 3 is 2.47 bits per heavy atom. The summed E-state index contributed by atoms with van der Waals surface area (Å²) in [5.41, 5.74) is 1.34. The maximum atomic E-state index is 11.1. The maximum absolute atomic E-state index is 11.1. The predicted molar refractivity (Wildman–Crippen MR) is 76.6 cm³/mol. The third kappa shape index (κ3) is 4.67. The minimum absolute atomic E-state index is 0.406. The number of rotatable bonds is 6. The van der Waals surface area contributed by atoms with E-state index in [1.54, 1.807) is 0 Å². The van der Waals surface area contributed by atoms with Gasteiger partial charge < -0.3 is 9.64 Å². The van der Waals surface area contributed by atoms with Crippen LogP contribution in [0.3, 0.4) is 0 Å². The zero-order chi connectivity index (χ0) is 13.5. The van der Waals surface area contributed by atoms with E-state index in [1.807, 2.05) is 12.1 Å². The highest BCUT2D eigenvalue weighted by molar-refractivity contribution is 5.79. The molecule has 1 saturated heterocycles. The van der Waals surface area contributed by atoms with Crippen LogP contribution in [-0.4, -0.2) is 36.9 Å². The SMILES string of the molecule is CCc1ccc(OCCCN2CCC(=O)CC2)cc1. The Balaban J connectivity index is 1.62. The fourth-order valence-corrected chi connectivity index (χ4v) is 2.33. The lowest BCUT2D eigenvalue weighted by Gasteiger charge is -2.25. The van der Waals surface area contributed by atoms with Crippen LogP contribution in [0.4, 0.5) is 0 Å². The van der Waals surface area contributed by atoms with Crippen molar-refractivity contribution in [3.05, 3.63) is 29.8 Å². The fraction of sp³-hybridized carbons (Fsp3) is 0.562. The highest BCUT2D eigenvalue weighted by Crippen LogP contribution is 2.13. The molecule has 0 radical (unpaired) electrons. The second-order valence-electron chi connectivity index (χ2n) is 5.08. The molecule has 0 saturated carbocycles. The van der Waals surface area contributed by atoms with Gasteiger partial charge in [0.25, 0.3) is 0 Å². The standard InChI is InChI=1S/C16H23NO2/c1-2-14-4-6-16(7-5-14)19-13-3-10-17-11-8-15(18)9-12-17/h4-7H,2-3,8-13H2,1H3. The summed E-state index contributed by atoms with van der Waals surface area (Å²) in [6.07, 6.45) is 3.52. The second-order valence-corrected chi connectivity index (χ2v) is 5.08. The number of Topliss-reactive ketones (excluding diaryl/α,β-unsaturated/α-hetero) is 1. The van der Waals surface area contributed by atoms with Crippen LogP contribution in [0.1, 0.15) is 31.7 Å². The number of aryl methyl sites for hydroxylation is 1. The van der Waals surface area contributed by atoms with Crippen LogP contribution >= 0.6 is 0 Å². The van der Waals surface area contributed by atoms with Gasteiger partial charge in [0.05, 0.1) is 6.61 Å². The number of carbonyl (C=O) groups is 1. The van der Waals surface area contributed by atoms with E-state index < -0.39 is 0 Å². The number of ether oxygens (including phenoxy) is 1. The first kappa shape index (κ1) is 14.1. The third-order valence-corrected chi connectivity index (χ3v) is 3.63. The number of nitrogens with zero attached hydrogens (tertiary/aromatic N) is 1.